The summed E-state index contributed by atoms with van der Waals surface area (Å²) in [6.07, 6.45) is 0. The van der Waals surface area contributed by atoms with Gasteiger partial charge in [0.05, 0.1) is 0 Å². The van der Waals surface area contributed by atoms with Crippen LogP contribution < -0.4 is 10.1 Å². The molecule has 0 saturated carbocycles. The van der Waals surface area contributed by atoms with Crippen LogP contribution in [-0.4, -0.2) is 11.6 Å². The highest BCUT2D eigenvalue weighted by molar-refractivity contribution is 7.09. The van der Waals surface area contributed by atoms with Gasteiger partial charge in [0.2, 0.25) is 0 Å². The van der Waals surface area contributed by atoms with Crippen LogP contribution in [0.4, 0.5) is 8.78 Å². The zero-order valence-electron chi connectivity index (χ0n) is 10.4. The number of aromatic nitrogens is 1. The number of ether oxygens (including phenoxy) is 1. The SMILES string of the molecule is Cc1csc(CNCc2ccccc2OC(F)F)n1. The summed E-state index contributed by atoms with van der Waals surface area (Å²) in [4.78, 5) is 4.32. The zero-order valence-corrected chi connectivity index (χ0v) is 11.2. The van der Waals surface area contributed by atoms with Gasteiger partial charge in [-0.15, -0.1) is 11.3 Å². The molecule has 0 unspecified atom stereocenters. The van der Waals surface area contributed by atoms with Gasteiger partial charge in [-0.25, -0.2) is 4.98 Å². The number of hydrogen-bond acceptors (Lipinski definition) is 4. The summed E-state index contributed by atoms with van der Waals surface area (Å²) in [7, 11) is 0. The number of halogens is 2. The van der Waals surface area contributed by atoms with Crippen molar-refractivity contribution >= 4 is 11.3 Å². The first-order chi connectivity index (χ1) is 9.15. The van der Waals surface area contributed by atoms with Crippen LogP contribution in [0.5, 0.6) is 5.75 Å². The maximum Gasteiger partial charge on any atom is 0.387 e. The molecule has 1 aromatic carbocycles. The van der Waals surface area contributed by atoms with Gasteiger partial charge in [-0.05, 0) is 13.0 Å². The second-order valence-corrected chi connectivity index (χ2v) is 4.92. The van der Waals surface area contributed by atoms with Gasteiger partial charge in [-0.1, -0.05) is 18.2 Å². The van der Waals surface area contributed by atoms with Gasteiger partial charge in [0, 0.05) is 29.7 Å². The fraction of sp³-hybridized carbons (Fsp3) is 0.308. The molecule has 102 valence electrons. The van der Waals surface area contributed by atoms with E-state index in [9.17, 15) is 8.78 Å². The van der Waals surface area contributed by atoms with Crippen molar-refractivity contribution in [1.82, 2.24) is 10.3 Å². The van der Waals surface area contributed by atoms with E-state index in [0.717, 1.165) is 10.7 Å². The minimum atomic E-state index is -2.80. The Balaban J connectivity index is 1.92. The lowest BCUT2D eigenvalue weighted by molar-refractivity contribution is -0.0505. The standard InChI is InChI=1S/C13H14F2N2OS/c1-9-8-19-12(17-9)7-16-6-10-4-2-3-5-11(10)18-13(14)15/h2-5,8,13,16H,6-7H2,1H3. The largest absolute Gasteiger partial charge is 0.434 e. The molecule has 0 spiro atoms. The maximum atomic E-state index is 12.2. The van der Waals surface area contributed by atoms with Crippen LogP contribution in [0.3, 0.4) is 0 Å². The minimum Gasteiger partial charge on any atom is -0.434 e. The summed E-state index contributed by atoms with van der Waals surface area (Å²) in [6, 6.07) is 6.77. The third-order valence-corrected chi connectivity index (χ3v) is 3.41. The summed E-state index contributed by atoms with van der Waals surface area (Å²) in [5, 5.41) is 6.12. The van der Waals surface area contributed by atoms with Gasteiger partial charge in [0.1, 0.15) is 10.8 Å². The highest BCUT2D eigenvalue weighted by Crippen LogP contribution is 2.20. The third kappa shape index (κ3) is 4.25. The number of para-hydroxylation sites is 1. The van der Waals surface area contributed by atoms with Crippen molar-refractivity contribution in [3.63, 3.8) is 0 Å². The second kappa shape index (κ2) is 6.58. The zero-order chi connectivity index (χ0) is 13.7. The number of nitrogens with one attached hydrogen (secondary N) is 1. The molecule has 2 aromatic rings. The summed E-state index contributed by atoms with van der Waals surface area (Å²) < 4.78 is 28.9. The molecule has 19 heavy (non-hydrogen) atoms. The van der Waals surface area contributed by atoms with Gasteiger partial charge in [-0.2, -0.15) is 8.78 Å². The summed E-state index contributed by atoms with van der Waals surface area (Å²) in [6.45, 7) is 0.206. The number of thiazole rings is 1. The molecule has 0 aliphatic carbocycles. The number of rotatable bonds is 6. The number of alkyl halides is 2. The van der Waals surface area contributed by atoms with Crippen molar-refractivity contribution in [1.29, 1.82) is 0 Å². The number of aryl methyl sites for hydroxylation is 1. The molecule has 2 rings (SSSR count). The Morgan fingerprint density at radius 1 is 1.32 bits per heavy atom. The van der Waals surface area contributed by atoms with Crippen LogP contribution in [0.2, 0.25) is 0 Å². The smallest absolute Gasteiger partial charge is 0.387 e. The van der Waals surface area contributed by atoms with E-state index in [2.05, 4.69) is 15.0 Å². The minimum absolute atomic E-state index is 0.209. The molecule has 0 atom stereocenters. The van der Waals surface area contributed by atoms with E-state index in [1.54, 1.807) is 29.5 Å². The van der Waals surface area contributed by atoms with Gasteiger partial charge < -0.3 is 10.1 Å². The average molecular weight is 284 g/mol. The van der Waals surface area contributed by atoms with Crippen LogP contribution in [-0.2, 0) is 13.1 Å². The van der Waals surface area contributed by atoms with Gasteiger partial charge >= 0.3 is 6.61 Å². The second-order valence-electron chi connectivity index (χ2n) is 3.97. The predicted molar refractivity (Wildman–Crippen MR) is 70.5 cm³/mol. The lowest BCUT2D eigenvalue weighted by Crippen LogP contribution is -2.14. The van der Waals surface area contributed by atoms with Crippen molar-refractivity contribution in [3.8, 4) is 5.75 Å². The molecule has 0 aliphatic heterocycles. The first kappa shape index (κ1) is 13.9. The monoisotopic (exact) mass is 284 g/mol. The Labute approximate surface area is 114 Å². The summed E-state index contributed by atoms with van der Waals surface area (Å²) in [5.74, 6) is 0.209. The molecule has 3 nitrogen and oxygen atoms in total. The molecule has 0 fully saturated rings. The van der Waals surface area contributed by atoms with E-state index < -0.39 is 6.61 Å². The highest BCUT2D eigenvalue weighted by atomic mass is 32.1. The number of benzene rings is 1. The Kier molecular flexibility index (Phi) is 4.81. The van der Waals surface area contributed by atoms with Crippen molar-refractivity contribution in [2.75, 3.05) is 0 Å². The first-order valence-electron chi connectivity index (χ1n) is 5.79. The molecule has 1 aromatic heterocycles. The van der Waals surface area contributed by atoms with Gasteiger partial charge in [-0.3, -0.25) is 0 Å². The van der Waals surface area contributed by atoms with Crippen LogP contribution in [0.15, 0.2) is 29.6 Å². The topological polar surface area (TPSA) is 34.1 Å². The molecule has 0 amide bonds. The van der Waals surface area contributed by atoms with Crippen molar-refractivity contribution in [3.05, 3.63) is 45.9 Å². The molecule has 0 saturated heterocycles. The lowest BCUT2D eigenvalue weighted by atomic mass is 10.2. The first-order valence-corrected chi connectivity index (χ1v) is 6.67. The van der Waals surface area contributed by atoms with Crippen LogP contribution in [0.25, 0.3) is 0 Å². The van der Waals surface area contributed by atoms with E-state index in [-0.39, 0.29) is 5.75 Å². The Morgan fingerprint density at radius 3 is 2.79 bits per heavy atom. The van der Waals surface area contributed by atoms with E-state index in [1.165, 1.54) is 6.07 Å². The molecule has 6 heteroatoms. The number of hydrogen-bond donors (Lipinski definition) is 1. The molecular weight excluding hydrogens is 270 g/mol. The third-order valence-electron chi connectivity index (χ3n) is 2.45. The van der Waals surface area contributed by atoms with Gasteiger partial charge in [0.25, 0.3) is 0 Å². The fourth-order valence-electron chi connectivity index (χ4n) is 1.65. The Bertz CT molecular complexity index is 531. The molecule has 1 heterocycles. The van der Waals surface area contributed by atoms with Crippen LogP contribution in [0, 0.1) is 6.92 Å². The summed E-state index contributed by atoms with van der Waals surface area (Å²) in [5.41, 5.74) is 1.69. The fourth-order valence-corrected chi connectivity index (χ4v) is 2.39. The molecule has 0 radical (unpaired) electrons. The molecule has 0 bridgehead atoms. The number of nitrogens with zero attached hydrogens (tertiary/aromatic N) is 1. The average Bonchev–Trinajstić information content (AvgIpc) is 2.77. The van der Waals surface area contributed by atoms with Gasteiger partial charge in [0.15, 0.2) is 0 Å². The van der Waals surface area contributed by atoms with E-state index in [4.69, 9.17) is 0 Å². The lowest BCUT2D eigenvalue weighted by Gasteiger charge is -2.10. The molecular formula is C13H14F2N2OS. The molecule has 1 N–H and O–H groups in total. The summed E-state index contributed by atoms with van der Waals surface area (Å²) >= 11 is 1.57. The molecule has 0 aliphatic rings. The van der Waals surface area contributed by atoms with E-state index in [0.29, 0.717) is 18.7 Å². The highest BCUT2D eigenvalue weighted by Gasteiger charge is 2.08. The Morgan fingerprint density at radius 2 is 2.11 bits per heavy atom. The van der Waals surface area contributed by atoms with Crippen molar-refractivity contribution in [2.24, 2.45) is 0 Å². The van der Waals surface area contributed by atoms with Crippen molar-refractivity contribution < 1.29 is 13.5 Å². The van der Waals surface area contributed by atoms with Crippen LogP contribution >= 0.6 is 11.3 Å². The quantitative estimate of drug-likeness (QED) is 0.883. The van der Waals surface area contributed by atoms with Crippen LogP contribution in [0.1, 0.15) is 16.3 Å². The normalized spacial score (nSPS) is 10.9. The van der Waals surface area contributed by atoms with Crippen molar-refractivity contribution in [2.45, 2.75) is 26.6 Å². The Hall–Kier alpha value is -1.53. The maximum absolute atomic E-state index is 12.2. The van der Waals surface area contributed by atoms with E-state index in [1.807, 2.05) is 12.3 Å². The van der Waals surface area contributed by atoms with E-state index >= 15 is 0 Å². The predicted octanol–water partition coefficient (Wildman–Crippen LogP) is 3.34.